The second kappa shape index (κ2) is 11.5. The predicted octanol–water partition coefficient (Wildman–Crippen LogP) is 5.26. The van der Waals surface area contributed by atoms with Gasteiger partial charge in [-0.3, -0.25) is 4.79 Å². The van der Waals surface area contributed by atoms with Crippen LogP contribution in [0.25, 0.3) is 16.9 Å². The molecule has 0 spiro atoms. The number of carbonyl (C=O) groups is 2. The van der Waals surface area contributed by atoms with E-state index < -0.39 is 5.97 Å². The first kappa shape index (κ1) is 25.5. The molecule has 5 rings (SSSR count). The SMILES string of the molecule is CCOC(=O)c1cc(-c2ccc(N3CCN(C(=O)Cc4ccccc4)CC3)cc2)n(-c2ccccc2Cl)n1. The summed E-state index contributed by atoms with van der Waals surface area (Å²) in [4.78, 5) is 29.4. The van der Waals surface area contributed by atoms with Gasteiger partial charge in [-0.2, -0.15) is 5.10 Å². The van der Waals surface area contributed by atoms with Crippen LogP contribution in [-0.2, 0) is 16.0 Å². The van der Waals surface area contributed by atoms with Gasteiger partial charge in [0.05, 0.1) is 29.4 Å². The van der Waals surface area contributed by atoms with Crippen LogP contribution < -0.4 is 4.90 Å². The Morgan fingerprint density at radius 3 is 2.26 bits per heavy atom. The molecule has 0 bridgehead atoms. The van der Waals surface area contributed by atoms with Crippen LogP contribution in [0.4, 0.5) is 5.69 Å². The van der Waals surface area contributed by atoms with Crippen molar-refractivity contribution in [3.8, 4) is 16.9 Å². The van der Waals surface area contributed by atoms with Gasteiger partial charge in [0, 0.05) is 37.4 Å². The lowest BCUT2D eigenvalue weighted by molar-refractivity contribution is -0.130. The second-order valence-electron chi connectivity index (χ2n) is 9.08. The maximum absolute atomic E-state index is 12.7. The monoisotopic (exact) mass is 528 g/mol. The van der Waals surface area contributed by atoms with Crippen LogP contribution in [0.1, 0.15) is 23.0 Å². The van der Waals surface area contributed by atoms with E-state index in [2.05, 4.69) is 22.1 Å². The lowest BCUT2D eigenvalue weighted by atomic mass is 10.1. The maximum atomic E-state index is 12.7. The maximum Gasteiger partial charge on any atom is 0.358 e. The number of halogens is 1. The number of hydrogen-bond acceptors (Lipinski definition) is 5. The van der Waals surface area contributed by atoms with Gasteiger partial charge in [-0.15, -0.1) is 0 Å². The average Bonchev–Trinajstić information content (AvgIpc) is 3.40. The lowest BCUT2D eigenvalue weighted by Crippen LogP contribution is -2.49. The number of hydrogen-bond donors (Lipinski definition) is 0. The van der Waals surface area contributed by atoms with E-state index in [9.17, 15) is 9.59 Å². The number of piperazine rings is 1. The molecule has 0 aliphatic carbocycles. The van der Waals surface area contributed by atoms with Gasteiger partial charge in [0.1, 0.15) is 0 Å². The summed E-state index contributed by atoms with van der Waals surface area (Å²) in [5.41, 5.74) is 4.66. The van der Waals surface area contributed by atoms with Crippen molar-refractivity contribution in [2.75, 3.05) is 37.7 Å². The highest BCUT2D eigenvalue weighted by Gasteiger charge is 2.22. The van der Waals surface area contributed by atoms with E-state index >= 15 is 0 Å². The largest absolute Gasteiger partial charge is 0.461 e. The summed E-state index contributed by atoms with van der Waals surface area (Å²) in [6, 6.07) is 27.1. The van der Waals surface area contributed by atoms with Crippen molar-refractivity contribution in [1.82, 2.24) is 14.7 Å². The van der Waals surface area contributed by atoms with Gasteiger partial charge >= 0.3 is 5.97 Å². The number of ether oxygens (including phenoxy) is 1. The molecule has 7 nitrogen and oxygen atoms in total. The standard InChI is InChI=1S/C30H29ClN4O3/c1-2-38-30(37)26-21-28(35(32-26)27-11-7-6-10-25(27)31)23-12-14-24(15-13-23)33-16-18-34(19-17-33)29(36)20-22-8-4-3-5-9-22/h3-15,21H,2,16-20H2,1H3. The number of esters is 1. The summed E-state index contributed by atoms with van der Waals surface area (Å²) in [6.07, 6.45) is 0.433. The van der Waals surface area contributed by atoms with Crippen molar-refractivity contribution in [3.05, 3.63) is 101 Å². The molecule has 8 heteroatoms. The topological polar surface area (TPSA) is 67.7 Å². The number of nitrogens with zero attached hydrogens (tertiary/aromatic N) is 4. The van der Waals surface area contributed by atoms with Crippen molar-refractivity contribution < 1.29 is 14.3 Å². The van der Waals surface area contributed by atoms with E-state index in [1.165, 1.54) is 0 Å². The number of aromatic nitrogens is 2. The quantitative estimate of drug-likeness (QED) is 0.306. The number of benzene rings is 3. The molecule has 0 atom stereocenters. The fourth-order valence-corrected chi connectivity index (χ4v) is 4.85. The van der Waals surface area contributed by atoms with Crippen LogP contribution in [-0.4, -0.2) is 59.3 Å². The second-order valence-corrected chi connectivity index (χ2v) is 9.48. The Morgan fingerprint density at radius 2 is 1.58 bits per heavy atom. The van der Waals surface area contributed by atoms with Crippen molar-refractivity contribution in [2.45, 2.75) is 13.3 Å². The zero-order valence-electron chi connectivity index (χ0n) is 21.2. The van der Waals surface area contributed by atoms with Gasteiger partial charge in [0.15, 0.2) is 5.69 Å². The molecule has 194 valence electrons. The van der Waals surface area contributed by atoms with Crippen molar-refractivity contribution in [3.63, 3.8) is 0 Å². The van der Waals surface area contributed by atoms with Gasteiger partial charge in [0.25, 0.3) is 0 Å². The summed E-state index contributed by atoms with van der Waals surface area (Å²) in [6.45, 7) is 4.95. The Morgan fingerprint density at radius 1 is 0.895 bits per heavy atom. The van der Waals surface area contributed by atoms with E-state index in [1.807, 2.05) is 65.6 Å². The van der Waals surface area contributed by atoms with Crippen LogP contribution in [0.15, 0.2) is 84.9 Å². The smallest absolute Gasteiger partial charge is 0.358 e. The Hall–Kier alpha value is -4.10. The molecule has 38 heavy (non-hydrogen) atoms. The highest BCUT2D eigenvalue weighted by molar-refractivity contribution is 6.32. The highest BCUT2D eigenvalue weighted by Crippen LogP contribution is 2.30. The van der Waals surface area contributed by atoms with Crippen LogP contribution in [0, 0.1) is 0 Å². The number of amides is 1. The molecule has 0 unspecified atom stereocenters. The third-order valence-electron chi connectivity index (χ3n) is 6.63. The minimum Gasteiger partial charge on any atom is -0.461 e. The van der Waals surface area contributed by atoms with Crippen LogP contribution in [0.3, 0.4) is 0 Å². The van der Waals surface area contributed by atoms with E-state index in [0.717, 1.165) is 35.6 Å². The molecular weight excluding hydrogens is 500 g/mol. The fourth-order valence-electron chi connectivity index (χ4n) is 4.64. The number of rotatable bonds is 7. The summed E-state index contributed by atoms with van der Waals surface area (Å²) < 4.78 is 6.85. The van der Waals surface area contributed by atoms with Crippen LogP contribution >= 0.6 is 11.6 Å². The minimum absolute atomic E-state index is 0.163. The molecule has 0 radical (unpaired) electrons. The Balaban J connectivity index is 1.31. The normalized spacial score (nSPS) is 13.4. The molecule has 4 aromatic rings. The van der Waals surface area contributed by atoms with Crippen LogP contribution in [0.2, 0.25) is 5.02 Å². The zero-order valence-corrected chi connectivity index (χ0v) is 22.0. The van der Waals surface area contributed by atoms with Gasteiger partial charge in [-0.1, -0.05) is 66.2 Å². The van der Waals surface area contributed by atoms with Crippen molar-refractivity contribution in [2.24, 2.45) is 0 Å². The molecular formula is C30H29ClN4O3. The lowest BCUT2D eigenvalue weighted by Gasteiger charge is -2.36. The Bertz CT molecular complexity index is 1410. The van der Waals surface area contributed by atoms with Crippen LogP contribution in [0.5, 0.6) is 0 Å². The molecule has 1 fully saturated rings. The summed E-state index contributed by atoms with van der Waals surface area (Å²) in [5.74, 6) is -0.313. The number of para-hydroxylation sites is 1. The average molecular weight is 529 g/mol. The molecule has 1 amide bonds. The zero-order chi connectivity index (χ0) is 26.5. The minimum atomic E-state index is -0.476. The first-order valence-corrected chi connectivity index (χ1v) is 13.1. The summed E-state index contributed by atoms with van der Waals surface area (Å²) in [5, 5.41) is 5.04. The van der Waals surface area contributed by atoms with Gasteiger partial charge in [-0.25, -0.2) is 9.48 Å². The van der Waals surface area contributed by atoms with Crippen molar-refractivity contribution in [1.29, 1.82) is 0 Å². The van der Waals surface area contributed by atoms with E-state index in [4.69, 9.17) is 16.3 Å². The number of anilines is 1. The Kier molecular flexibility index (Phi) is 7.75. The third-order valence-corrected chi connectivity index (χ3v) is 6.95. The summed E-state index contributed by atoms with van der Waals surface area (Å²) in [7, 11) is 0. The molecule has 1 aromatic heterocycles. The molecule has 1 aliphatic heterocycles. The van der Waals surface area contributed by atoms with Gasteiger partial charge in [0.2, 0.25) is 5.91 Å². The molecule has 1 saturated heterocycles. The number of carbonyl (C=O) groups excluding carboxylic acids is 2. The van der Waals surface area contributed by atoms with E-state index in [0.29, 0.717) is 30.2 Å². The van der Waals surface area contributed by atoms with Crippen molar-refractivity contribution >= 4 is 29.2 Å². The Labute approximate surface area is 227 Å². The molecule has 3 aromatic carbocycles. The summed E-state index contributed by atoms with van der Waals surface area (Å²) >= 11 is 6.46. The highest BCUT2D eigenvalue weighted by atomic mass is 35.5. The van der Waals surface area contributed by atoms with E-state index in [-0.39, 0.29) is 18.2 Å². The third kappa shape index (κ3) is 5.58. The molecule has 1 aliphatic rings. The first-order valence-electron chi connectivity index (χ1n) is 12.7. The molecule has 2 heterocycles. The van der Waals surface area contributed by atoms with Gasteiger partial charge in [-0.05, 0) is 42.8 Å². The molecule has 0 N–H and O–H groups in total. The first-order chi connectivity index (χ1) is 18.5. The van der Waals surface area contributed by atoms with E-state index in [1.54, 1.807) is 23.7 Å². The fraction of sp³-hybridized carbons (Fsp3) is 0.233. The van der Waals surface area contributed by atoms with Gasteiger partial charge < -0.3 is 14.5 Å². The molecule has 0 saturated carbocycles. The predicted molar refractivity (Wildman–Crippen MR) is 149 cm³/mol.